The summed E-state index contributed by atoms with van der Waals surface area (Å²) in [5.41, 5.74) is 0. The zero-order valence-electron chi connectivity index (χ0n) is 38.2. The molecular weight excluding hydrogens is 719 g/mol. The molecule has 0 bridgehead atoms. The van der Waals surface area contributed by atoms with Gasteiger partial charge in [0, 0.05) is 6.42 Å². The summed E-state index contributed by atoms with van der Waals surface area (Å²) in [6, 6.07) is -0.714. The zero-order valence-corrected chi connectivity index (χ0v) is 38.2. The third-order valence-corrected chi connectivity index (χ3v) is 10.9. The summed E-state index contributed by atoms with van der Waals surface area (Å²) in [5, 5.41) is 23.7. The van der Waals surface area contributed by atoms with Crippen LogP contribution in [0.4, 0.5) is 0 Å². The monoisotopic (exact) mass is 812 g/mol. The number of esters is 1. The predicted molar refractivity (Wildman–Crippen MR) is 250 cm³/mol. The molecule has 0 saturated heterocycles. The van der Waals surface area contributed by atoms with E-state index >= 15 is 0 Å². The molecule has 0 fully saturated rings. The number of amides is 1. The number of hydrogen-bond donors (Lipinski definition) is 3. The van der Waals surface area contributed by atoms with Crippen LogP contribution in [0.25, 0.3) is 0 Å². The molecule has 0 saturated carbocycles. The molecule has 6 nitrogen and oxygen atoms in total. The number of carbonyl (C=O) groups is 2. The van der Waals surface area contributed by atoms with Crippen molar-refractivity contribution in [2.75, 3.05) is 6.61 Å². The number of allylic oxidation sites excluding steroid dienone is 10. The minimum Gasteiger partial charge on any atom is -0.462 e. The molecule has 0 rings (SSSR count). The summed E-state index contributed by atoms with van der Waals surface area (Å²) in [5.74, 6) is -0.519. The van der Waals surface area contributed by atoms with Gasteiger partial charge in [0.15, 0.2) is 0 Å². The quantitative estimate of drug-likeness (QED) is 0.0247. The zero-order chi connectivity index (χ0) is 42.4. The summed E-state index contributed by atoms with van der Waals surface area (Å²) in [6.45, 7) is 6.23. The van der Waals surface area contributed by atoms with Crippen molar-refractivity contribution in [1.82, 2.24) is 5.32 Å². The average Bonchev–Trinajstić information content (AvgIpc) is 3.22. The molecule has 3 unspecified atom stereocenters. The van der Waals surface area contributed by atoms with Crippen LogP contribution in [0.1, 0.15) is 233 Å². The van der Waals surface area contributed by atoms with Crippen LogP contribution in [0.5, 0.6) is 0 Å². The lowest BCUT2D eigenvalue weighted by Gasteiger charge is -2.24. The molecule has 0 radical (unpaired) electrons. The van der Waals surface area contributed by atoms with E-state index in [9.17, 15) is 19.8 Å². The Labute approximate surface area is 358 Å². The molecule has 0 spiro atoms. The van der Waals surface area contributed by atoms with Gasteiger partial charge in [-0.15, -0.1) is 0 Å². The second kappa shape index (κ2) is 45.6. The summed E-state index contributed by atoms with van der Waals surface area (Å²) in [4.78, 5) is 26.0. The maximum atomic E-state index is 13.2. The van der Waals surface area contributed by atoms with E-state index in [1.54, 1.807) is 0 Å². The summed E-state index contributed by atoms with van der Waals surface area (Å²) in [7, 11) is 0. The number of rotatable bonds is 43. The Morgan fingerprint density at radius 3 is 1.60 bits per heavy atom. The van der Waals surface area contributed by atoms with Crippen molar-refractivity contribution < 1.29 is 24.5 Å². The molecule has 58 heavy (non-hydrogen) atoms. The highest BCUT2D eigenvalue weighted by Crippen LogP contribution is 2.17. The number of ether oxygens (including phenoxy) is 1. The van der Waals surface area contributed by atoms with Gasteiger partial charge in [-0.05, 0) is 70.6 Å². The van der Waals surface area contributed by atoms with Gasteiger partial charge in [0.05, 0.1) is 25.2 Å². The van der Waals surface area contributed by atoms with Crippen LogP contribution in [-0.2, 0) is 14.3 Å². The molecule has 0 aromatic heterocycles. The fraction of sp³-hybridized carbons (Fsp3) is 0.769. The Balaban J connectivity index is 4.58. The van der Waals surface area contributed by atoms with E-state index in [0.717, 1.165) is 89.9 Å². The van der Waals surface area contributed by atoms with Crippen LogP contribution >= 0.6 is 0 Å². The van der Waals surface area contributed by atoms with Crippen LogP contribution < -0.4 is 5.32 Å². The van der Waals surface area contributed by atoms with Gasteiger partial charge in [0.25, 0.3) is 0 Å². The minimum atomic E-state index is -0.798. The van der Waals surface area contributed by atoms with Gasteiger partial charge < -0.3 is 20.3 Å². The molecule has 0 aromatic rings. The summed E-state index contributed by atoms with van der Waals surface area (Å²) < 4.78 is 5.89. The van der Waals surface area contributed by atoms with Crippen LogP contribution in [0.15, 0.2) is 60.8 Å². The molecule has 0 heterocycles. The van der Waals surface area contributed by atoms with E-state index in [1.165, 1.54) is 96.3 Å². The Morgan fingerprint density at radius 2 is 1.02 bits per heavy atom. The average molecular weight is 812 g/mol. The second-order valence-electron chi connectivity index (χ2n) is 16.5. The highest BCUT2D eigenvalue weighted by Gasteiger charge is 2.24. The largest absolute Gasteiger partial charge is 0.462 e. The fourth-order valence-electron chi connectivity index (χ4n) is 7.23. The van der Waals surface area contributed by atoms with E-state index in [4.69, 9.17) is 4.74 Å². The minimum absolute atomic E-state index is 0.0500. The van der Waals surface area contributed by atoms with Crippen LogP contribution in [-0.4, -0.2) is 46.9 Å². The molecule has 0 aliphatic carbocycles. The van der Waals surface area contributed by atoms with Crippen molar-refractivity contribution in [2.24, 2.45) is 0 Å². The first-order valence-corrected chi connectivity index (χ1v) is 24.5. The van der Waals surface area contributed by atoms with E-state index in [-0.39, 0.29) is 24.9 Å². The van der Waals surface area contributed by atoms with E-state index in [2.05, 4.69) is 74.7 Å². The molecule has 0 aliphatic heterocycles. The van der Waals surface area contributed by atoms with Gasteiger partial charge in [-0.3, -0.25) is 9.59 Å². The first kappa shape index (κ1) is 55.6. The number of carbonyl (C=O) groups excluding carboxylic acids is 2. The van der Waals surface area contributed by atoms with Gasteiger partial charge in [0.1, 0.15) is 6.10 Å². The maximum absolute atomic E-state index is 13.2. The SMILES string of the molecule is CC/C=C/C=C/C=C\CCCCCC(CC(=O)NC(CO)C(O)CCCCCCCCCCCCCCCC)OC(=O)CCCCCCCCC/C=C/C/C=C/CC. The Hall–Kier alpha value is -2.44. The topological polar surface area (TPSA) is 95.9 Å². The lowest BCUT2D eigenvalue weighted by Crippen LogP contribution is -2.46. The van der Waals surface area contributed by atoms with Gasteiger partial charge in [-0.2, -0.15) is 0 Å². The number of aliphatic hydroxyl groups is 2. The summed E-state index contributed by atoms with van der Waals surface area (Å²) in [6.07, 6.45) is 55.7. The molecule has 0 aromatic carbocycles. The molecule has 3 atom stereocenters. The third-order valence-electron chi connectivity index (χ3n) is 10.9. The smallest absolute Gasteiger partial charge is 0.306 e. The Kier molecular flexibility index (Phi) is 43.7. The van der Waals surface area contributed by atoms with Crippen molar-refractivity contribution in [3.8, 4) is 0 Å². The van der Waals surface area contributed by atoms with Crippen LogP contribution in [0, 0.1) is 0 Å². The van der Waals surface area contributed by atoms with Gasteiger partial charge in [-0.1, -0.05) is 210 Å². The molecule has 0 aliphatic rings. The Bertz CT molecular complexity index is 1050. The van der Waals surface area contributed by atoms with Gasteiger partial charge >= 0.3 is 5.97 Å². The first-order chi connectivity index (χ1) is 28.5. The van der Waals surface area contributed by atoms with E-state index in [1.807, 2.05) is 12.2 Å². The lowest BCUT2D eigenvalue weighted by molar-refractivity contribution is -0.151. The van der Waals surface area contributed by atoms with Crippen molar-refractivity contribution in [3.05, 3.63) is 60.8 Å². The standard InChI is InChI=1S/C52H93NO5/c1-4-7-10-13-16-19-22-24-26-29-32-35-38-41-44-50(55)49(47-54)53-51(56)46-48(43-40-37-34-31-28-21-18-15-12-9-6-3)58-52(57)45-42-39-36-33-30-27-25-23-20-17-14-11-8-5-2/h8-9,11-12,15,17-18,20-21,28,48-50,54-55H,4-7,10,13-14,16,19,22-27,29-47H2,1-3H3,(H,53,56)/b11-8+,12-9+,18-15+,20-17+,28-21-. The molecule has 336 valence electrons. The summed E-state index contributed by atoms with van der Waals surface area (Å²) >= 11 is 0. The van der Waals surface area contributed by atoms with Crippen molar-refractivity contribution in [3.63, 3.8) is 0 Å². The van der Waals surface area contributed by atoms with Gasteiger partial charge in [-0.25, -0.2) is 0 Å². The molecule has 3 N–H and O–H groups in total. The first-order valence-electron chi connectivity index (χ1n) is 24.5. The molecule has 6 heteroatoms. The predicted octanol–water partition coefficient (Wildman–Crippen LogP) is 14.5. The molecule has 1 amide bonds. The highest BCUT2D eigenvalue weighted by molar-refractivity contribution is 5.77. The van der Waals surface area contributed by atoms with Crippen LogP contribution in [0.3, 0.4) is 0 Å². The lowest BCUT2D eigenvalue weighted by atomic mass is 10.0. The van der Waals surface area contributed by atoms with Crippen LogP contribution in [0.2, 0.25) is 0 Å². The molecular formula is C52H93NO5. The van der Waals surface area contributed by atoms with Crippen molar-refractivity contribution >= 4 is 11.9 Å². The van der Waals surface area contributed by atoms with Crippen molar-refractivity contribution in [2.45, 2.75) is 251 Å². The maximum Gasteiger partial charge on any atom is 0.306 e. The van der Waals surface area contributed by atoms with E-state index in [0.29, 0.717) is 19.3 Å². The van der Waals surface area contributed by atoms with Crippen molar-refractivity contribution in [1.29, 1.82) is 0 Å². The van der Waals surface area contributed by atoms with Gasteiger partial charge in [0.2, 0.25) is 5.91 Å². The fourth-order valence-corrected chi connectivity index (χ4v) is 7.23. The second-order valence-corrected chi connectivity index (χ2v) is 16.5. The Morgan fingerprint density at radius 1 is 0.534 bits per heavy atom. The number of aliphatic hydroxyl groups excluding tert-OH is 2. The number of unbranched alkanes of at least 4 members (excludes halogenated alkanes) is 23. The van der Waals surface area contributed by atoms with E-state index < -0.39 is 18.2 Å². The highest BCUT2D eigenvalue weighted by atomic mass is 16.5. The number of nitrogens with one attached hydrogen (secondary N) is 1. The normalized spacial score (nSPS) is 13.8. The number of hydrogen-bond acceptors (Lipinski definition) is 5. The third kappa shape index (κ3) is 40.3.